The summed E-state index contributed by atoms with van der Waals surface area (Å²) < 4.78 is 18.2. The van der Waals surface area contributed by atoms with E-state index in [-0.39, 0.29) is 12.2 Å². The Balaban J connectivity index is 2.94. The molecule has 0 heterocycles. The van der Waals surface area contributed by atoms with Crippen LogP contribution in [0.5, 0.6) is 5.75 Å². The molecule has 0 bridgehead atoms. The van der Waals surface area contributed by atoms with Gasteiger partial charge in [0, 0.05) is 0 Å². The van der Waals surface area contributed by atoms with E-state index in [1.807, 2.05) is 6.92 Å². The number of phenols is 1. The first kappa shape index (κ1) is 15.4. The van der Waals surface area contributed by atoms with Gasteiger partial charge in [0.25, 0.3) is 0 Å². The Hall–Kier alpha value is -1.62. The minimum absolute atomic E-state index is 0.232. The van der Waals surface area contributed by atoms with Gasteiger partial charge in [0.05, 0.1) is 18.6 Å². The topological polar surface area (TPSA) is 66.8 Å². The number of aromatic hydroxyl groups is 1. The van der Waals surface area contributed by atoms with Gasteiger partial charge in [-0.1, -0.05) is 19.4 Å². The molecule has 1 rings (SSSR count). The maximum absolute atomic E-state index is 13.3. The van der Waals surface area contributed by atoms with Crippen LogP contribution in [0.25, 0.3) is 0 Å². The lowest BCUT2D eigenvalue weighted by atomic mass is 9.92. The highest BCUT2D eigenvalue weighted by Crippen LogP contribution is 2.29. The second-order valence-electron chi connectivity index (χ2n) is 4.30. The molecule has 1 aromatic rings. The number of carbonyl (C=O) groups is 1. The largest absolute Gasteiger partial charge is 0.505 e. The summed E-state index contributed by atoms with van der Waals surface area (Å²) in [5.41, 5.74) is 0.252. The first-order chi connectivity index (χ1) is 9.01. The molecule has 0 amide bonds. The third-order valence-corrected chi connectivity index (χ3v) is 2.88. The zero-order valence-corrected chi connectivity index (χ0v) is 11.1. The van der Waals surface area contributed by atoms with E-state index in [0.29, 0.717) is 12.8 Å². The normalized spacial score (nSPS) is 13.9. The molecule has 0 aromatic heterocycles. The standard InChI is InChI=1S/C14H19FO4/c1-3-5-10(14(18)19-4-2)13(17)9-6-7-12(16)11(15)8-9/h6-8,10,13,16-17H,3-5H2,1-2H3. The third-order valence-electron chi connectivity index (χ3n) is 2.88. The molecule has 2 atom stereocenters. The van der Waals surface area contributed by atoms with Crippen molar-refractivity contribution >= 4 is 5.97 Å². The molecule has 4 nitrogen and oxygen atoms in total. The second kappa shape index (κ2) is 7.09. The maximum atomic E-state index is 13.3. The van der Waals surface area contributed by atoms with Crippen molar-refractivity contribution < 1.29 is 24.1 Å². The van der Waals surface area contributed by atoms with Gasteiger partial charge in [-0.15, -0.1) is 0 Å². The number of hydrogen-bond donors (Lipinski definition) is 2. The summed E-state index contributed by atoms with van der Waals surface area (Å²) in [5, 5.41) is 19.3. The lowest BCUT2D eigenvalue weighted by molar-refractivity contribution is -0.152. The number of aliphatic hydroxyl groups excluding tert-OH is 1. The Kier molecular flexibility index (Phi) is 5.76. The van der Waals surface area contributed by atoms with E-state index in [4.69, 9.17) is 9.84 Å². The minimum Gasteiger partial charge on any atom is -0.505 e. The zero-order chi connectivity index (χ0) is 14.4. The van der Waals surface area contributed by atoms with Crippen molar-refractivity contribution in [3.8, 4) is 5.75 Å². The third kappa shape index (κ3) is 3.92. The predicted octanol–water partition coefficient (Wildman–Crippen LogP) is 2.54. The van der Waals surface area contributed by atoms with E-state index in [1.165, 1.54) is 6.07 Å². The van der Waals surface area contributed by atoms with Gasteiger partial charge in [0.15, 0.2) is 11.6 Å². The van der Waals surface area contributed by atoms with Crippen LogP contribution in [0.15, 0.2) is 18.2 Å². The second-order valence-corrected chi connectivity index (χ2v) is 4.30. The quantitative estimate of drug-likeness (QED) is 0.780. The Labute approximate surface area is 111 Å². The molecule has 0 spiro atoms. The summed E-state index contributed by atoms with van der Waals surface area (Å²) in [5.74, 6) is -2.53. The lowest BCUT2D eigenvalue weighted by Crippen LogP contribution is -2.24. The van der Waals surface area contributed by atoms with E-state index < -0.39 is 29.6 Å². The van der Waals surface area contributed by atoms with Crippen molar-refractivity contribution in [2.45, 2.75) is 32.8 Å². The van der Waals surface area contributed by atoms with Gasteiger partial charge < -0.3 is 14.9 Å². The molecule has 0 aliphatic heterocycles. The van der Waals surface area contributed by atoms with E-state index in [0.717, 1.165) is 12.1 Å². The van der Waals surface area contributed by atoms with Crippen LogP contribution < -0.4 is 0 Å². The van der Waals surface area contributed by atoms with Crippen LogP contribution in [0, 0.1) is 11.7 Å². The Morgan fingerprint density at radius 2 is 2.11 bits per heavy atom. The lowest BCUT2D eigenvalue weighted by Gasteiger charge is -2.21. The van der Waals surface area contributed by atoms with Crippen molar-refractivity contribution in [1.29, 1.82) is 0 Å². The van der Waals surface area contributed by atoms with Crippen molar-refractivity contribution in [2.24, 2.45) is 5.92 Å². The summed E-state index contributed by atoms with van der Waals surface area (Å²) in [4.78, 5) is 11.8. The minimum atomic E-state index is -1.14. The zero-order valence-electron chi connectivity index (χ0n) is 11.1. The molecule has 0 fully saturated rings. The maximum Gasteiger partial charge on any atom is 0.311 e. The van der Waals surface area contributed by atoms with Gasteiger partial charge in [-0.25, -0.2) is 4.39 Å². The number of aliphatic hydroxyl groups is 1. The number of halogens is 1. The van der Waals surface area contributed by atoms with Gasteiger partial charge in [0.1, 0.15) is 0 Å². The summed E-state index contributed by atoms with van der Waals surface area (Å²) in [6.07, 6.45) is -0.00189. The molecule has 0 saturated carbocycles. The monoisotopic (exact) mass is 270 g/mol. The fourth-order valence-electron chi connectivity index (χ4n) is 1.90. The highest BCUT2D eigenvalue weighted by Gasteiger charge is 2.29. The summed E-state index contributed by atoms with van der Waals surface area (Å²) >= 11 is 0. The van der Waals surface area contributed by atoms with Gasteiger partial charge in [-0.2, -0.15) is 0 Å². The number of carbonyl (C=O) groups excluding carboxylic acids is 1. The molecule has 5 heteroatoms. The molecule has 0 saturated heterocycles. The number of ether oxygens (including phenoxy) is 1. The van der Waals surface area contributed by atoms with Crippen LogP contribution in [-0.4, -0.2) is 22.8 Å². The number of benzene rings is 1. The van der Waals surface area contributed by atoms with Crippen molar-refractivity contribution in [3.05, 3.63) is 29.6 Å². The molecule has 0 radical (unpaired) electrons. The van der Waals surface area contributed by atoms with Crippen LogP contribution in [0.2, 0.25) is 0 Å². The number of phenolic OH excluding ortho intramolecular Hbond substituents is 1. The fourth-order valence-corrected chi connectivity index (χ4v) is 1.90. The fraction of sp³-hybridized carbons (Fsp3) is 0.500. The molecular formula is C14H19FO4. The highest BCUT2D eigenvalue weighted by molar-refractivity contribution is 5.73. The molecule has 106 valence electrons. The van der Waals surface area contributed by atoms with Crippen LogP contribution >= 0.6 is 0 Å². The van der Waals surface area contributed by atoms with Gasteiger partial charge in [0.2, 0.25) is 0 Å². The smallest absolute Gasteiger partial charge is 0.311 e. The molecule has 19 heavy (non-hydrogen) atoms. The van der Waals surface area contributed by atoms with E-state index in [2.05, 4.69) is 0 Å². The van der Waals surface area contributed by atoms with Gasteiger partial charge >= 0.3 is 5.97 Å². The molecule has 1 aromatic carbocycles. The SMILES string of the molecule is CCCC(C(=O)OCC)C(O)c1ccc(O)c(F)c1. The van der Waals surface area contributed by atoms with Crippen LogP contribution in [0.4, 0.5) is 4.39 Å². The summed E-state index contributed by atoms with van der Waals surface area (Å²) in [7, 11) is 0. The molecule has 0 aliphatic rings. The highest BCUT2D eigenvalue weighted by atomic mass is 19.1. The van der Waals surface area contributed by atoms with Crippen LogP contribution in [0.1, 0.15) is 38.4 Å². The van der Waals surface area contributed by atoms with Crippen molar-refractivity contribution in [3.63, 3.8) is 0 Å². The average molecular weight is 270 g/mol. The Morgan fingerprint density at radius 3 is 2.63 bits per heavy atom. The summed E-state index contributed by atoms with van der Waals surface area (Å²) in [6.45, 7) is 3.81. The Bertz CT molecular complexity index is 433. The molecule has 0 aliphatic carbocycles. The summed E-state index contributed by atoms with van der Waals surface area (Å²) in [6, 6.07) is 3.58. The number of rotatable bonds is 6. The van der Waals surface area contributed by atoms with E-state index >= 15 is 0 Å². The number of esters is 1. The van der Waals surface area contributed by atoms with Crippen molar-refractivity contribution in [2.75, 3.05) is 6.61 Å². The van der Waals surface area contributed by atoms with Crippen LogP contribution in [-0.2, 0) is 9.53 Å². The Morgan fingerprint density at radius 1 is 1.42 bits per heavy atom. The number of hydrogen-bond acceptors (Lipinski definition) is 4. The molecular weight excluding hydrogens is 251 g/mol. The first-order valence-corrected chi connectivity index (χ1v) is 6.34. The first-order valence-electron chi connectivity index (χ1n) is 6.34. The van der Waals surface area contributed by atoms with E-state index in [9.17, 15) is 14.3 Å². The molecule has 2 N–H and O–H groups in total. The van der Waals surface area contributed by atoms with Crippen LogP contribution in [0.3, 0.4) is 0 Å². The predicted molar refractivity (Wildman–Crippen MR) is 68.1 cm³/mol. The van der Waals surface area contributed by atoms with Gasteiger partial charge in [-0.3, -0.25) is 4.79 Å². The van der Waals surface area contributed by atoms with E-state index in [1.54, 1.807) is 6.92 Å². The molecule has 2 unspecified atom stereocenters. The average Bonchev–Trinajstić information content (AvgIpc) is 2.38. The van der Waals surface area contributed by atoms with Gasteiger partial charge in [-0.05, 0) is 31.0 Å². The van der Waals surface area contributed by atoms with Crippen molar-refractivity contribution in [1.82, 2.24) is 0 Å².